The van der Waals surface area contributed by atoms with Crippen LogP contribution in [0.1, 0.15) is 42.7 Å². The molecule has 0 radical (unpaired) electrons. The zero-order valence-electron chi connectivity index (χ0n) is 8.37. The molecule has 0 aliphatic heterocycles. The van der Waals surface area contributed by atoms with Gasteiger partial charge in [-0.2, -0.15) is 0 Å². The van der Waals surface area contributed by atoms with Gasteiger partial charge in [-0.05, 0) is 25.8 Å². The Balaban J connectivity index is 2.40. The van der Waals surface area contributed by atoms with Crippen molar-refractivity contribution in [1.29, 1.82) is 0 Å². The van der Waals surface area contributed by atoms with E-state index in [0.717, 1.165) is 12.0 Å². The van der Waals surface area contributed by atoms with Crippen molar-refractivity contribution in [3.8, 4) is 0 Å². The zero-order valence-corrected chi connectivity index (χ0v) is 8.37. The van der Waals surface area contributed by atoms with Crippen LogP contribution in [0.4, 0.5) is 0 Å². The Morgan fingerprint density at radius 1 is 1.46 bits per heavy atom. The van der Waals surface area contributed by atoms with Crippen LogP contribution < -0.4 is 0 Å². The predicted octanol–water partition coefficient (Wildman–Crippen LogP) is 2.44. The van der Waals surface area contributed by atoms with Crippen molar-refractivity contribution >= 4 is 5.78 Å². The maximum absolute atomic E-state index is 11.6. The van der Waals surface area contributed by atoms with E-state index in [4.69, 9.17) is 0 Å². The first-order valence-electron chi connectivity index (χ1n) is 4.84. The molecule has 70 valence electrons. The summed E-state index contributed by atoms with van der Waals surface area (Å²) in [5, 5.41) is 0. The summed E-state index contributed by atoms with van der Waals surface area (Å²) < 4.78 is 2.12. The molecule has 0 spiro atoms. The molecule has 2 heteroatoms. The predicted molar refractivity (Wildman–Crippen MR) is 52.0 cm³/mol. The third kappa shape index (κ3) is 1.21. The fourth-order valence-corrected chi connectivity index (χ4v) is 1.89. The average molecular weight is 177 g/mol. The molecule has 0 saturated heterocycles. The van der Waals surface area contributed by atoms with E-state index in [-0.39, 0.29) is 5.92 Å². The largest absolute Gasteiger partial charge is 0.351 e. The van der Waals surface area contributed by atoms with Gasteiger partial charge in [-0.3, -0.25) is 4.79 Å². The lowest BCUT2D eigenvalue weighted by Crippen LogP contribution is -2.05. The van der Waals surface area contributed by atoms with Crippen molar-refractivity contribution in [3.63, 3.8) is 0 Å². The average Bonchev–Trinajstić information content (AvgIpc) is 2.55. The van der Waals surface area contributed by atoms with Crippen molar-refractivity contribution in [2.75, 3.05) is 0 Å². The first-order chi connectivity index (χ1) is 6.09. The maximum atomic E-state index is 11.6. The summed E-state index contributed by atoms with van der Waals surface area (Å²) in [5.74, 6) is 0.515. The van der Waals surface area contributed by atoms with Gasteiger partial charge in [-0.15, -0.1) is 0 Å². The minimum absolute atomic E-state index is 0.201. The molecule has 1 unspecified atom stereocenters. The number of hydrogen-bond donors (Lipinski definition) is 0. The molecular formula is C11H15NO. The topological polar surface area (TPSA) is 22.0 Å². The van der Waals surface area contributed by atoms with Crippen molar-refractivity contribution < 1.29 is 4.79 Å². The van der Waals surface area contributed by atoms with Gasteiger partial charge in [0.25, 0.3) is 0 Å². The summed E-state index contributed by atoms with van der Waals surface area (Å²) in [5.41, 5.74) is 2.17. The van der Waals surface area contributed by atoms with Gasteiger partial charge >= 0.3 is 0 Å². The Morgan fingerprint density at radius 3 is 2.69 bits per heavy atom. The lowest BCUT2D eigenvalue weighted by molar-refractivity contribution is 0.0945. The van der Waals surface area contributed by atoms with Gasteiger partial charge in [0, 0.05) is 29.9 Å². The molecule has 0 bridgehead atoms. The van der Waals surface area contributed by atoms with Crippen molar-refractivity contribution in [3.05, 3.63) is 23.5 Å². The second kappa shape index (κ2) is 2.72. The molecule has 2 rings (SSSR count). The number of fused-ring (bicyclic) bond motifs is 1. The van der Waals surface area contributed by atoms with Gasteiger partial charge < -0.3 is 4.57 Å². The lowest BCUT2D eigenvalue weighted by atomic mass is 10.1. The Labute approximate surface area is 78.6 Å². The van der Waals surface area contributed by atoms with Crippen LogP contribution in [-0.2, 0) is 6.42 Å². The Bertz CT molecular complexity index is 349. The Kier molecular flexibility index (Phi) is 1.79. The number of carbonyl (C=O) groups is 1. The molecule has 0 N–H and O–H groups in total. The molecular weight excluding hydrogens is 162 g/mol. The number of carbonyl (C=O) groups excluding carboxylic acids is 1. The summed E-state index contributed by atoms with van der Waals surface area (Å²) in [6.07, 6.45) is 5.03. The SMILES string of the molecule is CC1Cc2cn(C(C)C)cc2C1=O. The van der Waals surface area contributed by atoms with E-state index in [1.807, 2.05) is 13.1 Å². The first kappa shape index (κ1) is 8.54. The summed E-state index contributed by atoms with van der Waals surface area (Å²) in [6, 6.07) is 0.453. The van der Waals surface area contributed by atoms with Crippen molar-refractivity contribution in [1.82, 2.24) is 4.57 Å². The molecule has 0 fully saturated rings. The van der Waals surface area contributed by atoms with Crippen LogP contribution in [0.3, 0.4) is 0 Å². The second-order valence-electron chi connectivity index (χ2n) is 4.21. The number of rotatable bonds is 1. The molecule has 0 aromatic carbocycles. The van der Waals surface area contributed by atoms with E-state index in [0.29, 0.717) is 11.8 Å². The van der Waals surface area contributed by atoms with Crippen LogP contribution in [0.5, 0.6) is 0 Å². The van der Waals surface area contributed by atoms with Crippen LogP contribution in [0.25, 0.3) is 0 Å². The van der Waals surface area contributed by atoms with E-state index in [1.54, 1.807) is 0 Å². The van der Waals surface area contributed by atoms with E-state index in [9.17, 15) is 4.79 Å². The Morgan fingerprint density at radius 2 is 2.15 bits per heavy atom. The number of ketones is 1. The molecule has 1 heterocycles. The van der Waals surface area contributed by atoms with Crippen LogP contribution in [0.2, 0.25) is 0 Å². The van der Waals surface area contributed by atoms with E-state index in [1.165, 1.54) is 5.56 Å². The highest BCUT2D eigenvalue weighted by molar-refractivity contribution is 6.01. The molecule has 1 aromatic heterocycles. The van der Waals surface area contributed by atoms with Gasteiger partial charge in [-0.1, -0.05) is 6.92 Å². The smallest absolute Gasteiger partial charge is 0.167 e. The minimum Gasteiger partial charge on any atom is -0.351 e. The monoisotopic (exact) mass is 177 g/mol. The molecule has 13 heavy (non-hydrogen) atoms. The summed E-state index contributed by atoms with van der Waals surface area (Å²) in [7, 11) is 0. The number of nitrogens with zero attached hydrogens (tertiary/aromatic N) is 1. The summed E-state index contributed by atoms with van der Waals surface area (Å²) in [6.45, 7) is 6.26. The fraction of sp³-hybridized carbons (Fsp3) is 0.545. The van der Waals surface area contributed by atoms with E-state index < -0.39 is 0 Å². The fourth-order valence-electron chi connectivity index (χ4n) is 1.89. The maximum Gasteiger partial charge on any atom is 0.167 e. The standard InChI is InChI=1S/C11H15NO/c1-7(2)12-5-9-4-8(3)11(13)10(9)6-12/h5-8H,4H2,1-3H3. The van der Waals surface area contributed by atoms with Gasteiger partial charge in [0.05, 0.1) is 0 Å². The number of Topliss-reactive ketones (excluding diaryl/α,β-unsaturated/α-hetero) is 1. The van der Waals surface area contributed by atoms with Gasteiger partial charge in [0.1, 0.15) is 0 Å². The molecule has 2 nitrogen and oxygen atoms in total. The molecule has 1 aliphatic carbocycles. The molecule has 1 aliphatic rings. The minimum atomic E-state index is 0.201. The van der Waals surface area contributed by atoms with Gasteiger partial charge in [-0.25, -0.2) is 0 Å². The first-order valence-corrected chi connectivity index (χ1v) is 4.84. The highest BCUT2D eigenvalue weighted by Gasteiger charge is 2.28. The molecule has 1 aromatic rings. The van der Waals surface area contributed by atoms with Crippen LogP contribution in [0, 0.1) is 5.92 Å². The lowest BCUT2D eigenvalue weighted by Gasteiger charge is -2.06. The molecule has 0 saturated carbocycles. The zero-order chi connectivity index (χ0) is 9.59. The second-order valence-corrected chi connectivity index (χ2v) is 4.21. The van der Waals surface area contributed by atoms with Crippen LogP contribution in [0.15, 0.2) is 12.4 Å². The normalized spacial score (nSPS) is 21.2. The van der Waals surface area contributed by atoms with E-state index >= 15 is 0 Å². The molecule has 0 amide bonds. The van der Waals surface area contributed by atoms with Crippen LogP contribution in [-0.4, -0.2) is 10.4 Å². The Hall–Kier alpha value is -1.05. The van der Waals surface area contributed by atoms with Crippen LogP contribution >= 0.6 is 0 Å². The van der Waals surface area contributed by atoms with Crippen molar-refractivity contribution in [2.45, 2.75) is 33.2 Å². The van der Waals surface area contributed by atoms with Gasteiger partial charge in [0.15, 0.2) is 5.78 Å². The highest BCUT2D eigenvalue weighted by atomic mass is 16.1. The number of aromatic nitrogens is 1. The quantitative estimate of drug-likeness (QED) is 0.645. The van der Waals surface area contributed by atoms with Crippen molar-refractivity contribution in [2.24, 2.45) is 5.92 Å². The molecule has 1 atom stereocenters. The number of hydrogen-bond acceptors (Lipinski definition) is 1. The third-order valence-corrected chi connectivity index (χ3v) is 2.76. The summed E-state index contributed by atoms with van der Waals surface area (Å²) in [4.78, 5) is 11.6. The summed E-state index contributed by atoms with van der Waals surface area (Å²) >= 11 is 0. The van der Waals surface area contributed by atoms with Gasteiger partial charge in [0.2, 0.25) is 0 Å². The highest BCUT2D eigenvalue weighted by Crippen LogP contribution is 2.28. The third-order valence-electron chi connectivity index (χ3n) is 2.76. The van der Waals surface area contributed by atoms with E-state index in [2.05, 4.69) is 24.6 Å².